The molecule has 2 rings (SSSR count). The quantitative estimate of drug-likeness (QED) is 0.746. The molecule has 1 aliphatic rings. The summed E-state index contributed by atoms with van der Waals surface area (Å²) in [7, 11) is 1.57. The number of ether oxygens (including phenoxy) is 1. The lowest BCUT2D eigenvalue weighted by Crippen LogP contribution is -2.32. The molecule has 0 spiro atoms. The number of carbonyl (C=O) groups is 2. The molecule has 1 aromatic carbocycles. The number of carboxylic acid groups (broad SMARTS) is 1. The molecule has 0 amide bonds. The number of carboxylic acids is 1. The minimum Gasteiger partial charge on any atom is -0.496 e. The van der Waals surface area contributed by atoms with Crippen LogP contribution in [-0.2, 0) is 4.79 Å². The minimum atomic E-state index is -0.752. The first-order valence-electron chi connectivity index (χ1n) is 8.15. The number of carbonyl (C=O) groups excluding carboxylic acids is 1. The SMILES string of the molecule is COc1ccc(C)cc1C(=O)CCN1CCCC1CCC(=O)O. The molecule has 0 aliphatic carbocycles. The van der Waals surface area contributed by atoms with Crippen LogP contribution in [0.15, 0.2) is 18.2 Å². The van der Waals surface area contributed by atoms with E-state index in [1.54, 1.807) is 7.11 Å². The molecule has 5 heteroatoms. The van der Waals surface area contributed by atoms with Gasteiger partial charge in [-0.15, -0.1) is 0 Å². The van der Waals surface area contributed by atoms with E-state index in [0.717, 1.165) is 24.9 Å². The molecule has 1 N–H and O–H groups in total. The van der Waals surface area contributed by atoms with Crippen LogP contribution < -0.4 is 4.74 Å². The molecule has 1 unspecified atom stereocenters. The van der Waals surface area contributed by atoms with Crippen LogP contribution in [0.3, 0.4) is 0 Å². The van der Waals surface area contributed by atoms with E-state index in [-0.39, 0.29) is 12.2 Å². The van der Waals surface area contributed by atoms with Gasteiger partial charge in [-0.3, -0.25) is 14.5 Å². The lowest BCUT2D eigenvalue weighted by Gasteiger charge is -2.23. The average molecular weight is 319 g/mol. The molecule has 1 saturated heterocycles. The standard InChI is InChI=1S/C18H25NO4/c1-13-5-7-17(23-2)15(12-13)16(20)9-11-19-10-3-4-14(19)6-8-18(21)22/h5,7,12,14H,3-4,6,8-11H2,1-2H3,(H,21,22). The third kappa shape index (κ3) is 4.79. The number of benzene rings is 1. The van der Waals surface area contributed by atoms with Gasteiger partial charge < -0.3 is 9.84 Å². The summed E-state index contributed by atoms with van der Waals surface area (Å²) >= 11 is 0. The third-order valence-corrected chi connectivity index (χ3v) is 4.47. The average Bonchev–Trinajstić information content (AvgIpc) is 2.98. The lowest BCUT2D eigenvalue weighted by molar-refractivity contribution is -0.137. The van der Waals surface area contributed by atoms with E-state index in [2.05, 4.69) is 4.90 Å². The Morgan fingerprint density at radius 1 is 1.35 bits per heavy atom. The third-order valence-electron chi connectivity index (χ3n) is 4.47. The summed E-state index contributed by atoms with van der Waals surface area (Å²) < 4.78 is 5.28. The van der Waals surface area contributed by atoms with Crippen molar-refractivity contribution in [1.29, 1.82) is 0 Å². The van der Waals surface area contributed by atoms with Gasteiger partial charge in [0.15, 0.2) is 5.78 Å². The van der Waals surface area contributed by atoms with Gasteiger partial charge in [0.25, 0.3) is 0 Å². The topological polar surface area (TPSA) is 66.8 Å². The van der Waals surface area contributed by atoms with Crippen molar-refractivity contribution in [3.63, 3.8) is 0 Å². The Labute approximate surface area is 137 Å². The fourth-order valence-electron chi connectivity index (χ4n) is 3.23. The number of nitrogens with zero attached hydrogens (tertiary/aromatic N) is 1. The molecule has 1 fully saturated rings. The molecule has 23 heavy (non-hydrogen) atoms. The van der Waals surface area contributed by atoms with Crippen LogP contribution in [-0.4, -0.2) is 48.0 Å². The fraction of sp³-hybridized carbons (Fsp3) is 0.556. The second-order valence-corrected chi connectivity index (χ2v) is 6.14. The zero-order chi connectivity index (χ0) is 16.8. The van der Waals surface area contributed by atoms with E-state index in [1.165, 1.54) is 0 Å². The van der Waals surface area contributed by atoms with Crippen LogP contribution in [0.25, 0.3) is 0 Å². The molecule has 0 radical (unpaired) electrons. The normalized spacial score (nSPS) is 18.1. The van der Waals surface area contributed by atoms with Crippen molar-refractivity contribution in [3.05, 3.63) is 29.3 Å². The maximum absolute atomic E-state index is 12.5. The predicted molar refractivity (Wildman–Crippen MR) is 88.1 cm³/mol. The van der Waals surface area contributed by atoms with Crippen molar-refractivity contribution in [2.45, 2.75) is 45.1 Å². The number of likely N-dealkylation sites (tertiary alicyclic amines) is 1. The number of methoxy groups -OCH3 is 1. The Morgan fingerprint density at radius 3 is 2.83 bits per heavy atom. The molecule has 5 nitrogen and oxygen atoms in total. The van der Waals surface area contributed by atoms with E-state index in [4.69, 9.17) is 9.84 Å². The predicted octanol–water partition coefficient (Wildman–Crippen LogP) is 2.91. The smallest absolute Gasteiger partial charge is 0.303 e. The van der Waals surface area contributed by atoms with Gasteiger partial charge in [-0.05, 0) is 44.9 Å². The van der Waals surface area contributed by atoms with Crippen molar-refractivity contribution in [2.24, 2.45) is 0 Å². The Morgan fingerprint density at radius 2 is 2.13 bits per heavy atom. The molecule has 1 heterocycles. The van der Waals surface area contributed by atoms with Gasteiger partial charge in [0, 0.05) is 25.4 Å². The summed E-state index contributed by atoms with van der Waals surface area (Å²) in [4.78, 5) is 25.5. The fourth-order valence-corrected chi connectivity index (χ4v) is 3.23. The number of ketones is 1. The van der Waals surface area contributed by atoms with Gasteiger partial charge in [0.1, 0.15) is 5.75 Å². The largest absolute Gasteiger partial charge is 0.496 e. The van der Waals surface area contributed by atoms with Crippen LogP contribution in [0, 0.1) is 6.92 Å². The Bertz CT molecular complexity index is 570. The summed E-state index contributed by atoms with van der Waals surface area (Å²) in [5.74, 6) is -0.0590. The zero-order valence-corrected chi connectivity index (χ0v) is 13.9. The first-order valence-corrected chi connectivity index (χ1v) is 8.15. The van der Waals surface area contributed by atoms with Crippen LogP contribution in [0.2, 0.25) is 0 Å². The van der Waals surface area contributed by atoms with Crippen molar-refractivity contribution < 1.29 is 19.4 Å². The highest BCUT2D eigenvalue weighted by Crippen LogP contribution is 2.24. The van der Waals surface area contributed by atoms with Crippen molar-refractivity contribution >= 4 is 11.8 Å². The number of hydrogen-bond donors (Lipinski definition) is 1. The zero-order valence-electron chi connectivity index (χ0n) is 13.9. The maximum Gasteiger partial charge on any atom is 0.303 e. The number of hydrogen-bond acceptors (Lipinski definition) is 4. The molecule has 0 aromatic heterocycles. The number of aliphatic carboxylic acids is 1. The summed E-state index contributed by atoms with van der Waals surface area (Å²) in [5.41, 5.74) is 1.67. The summed E-state index contributed by atoms with van der Waals surface area (Å²) in [6, 6.07) is 5.91. The number of rotatable bonds is 8. The van der Waals surface area contributed by atoms with Crippen LogP contribution in [0.1, 0.15) is 48.0 Å². The van der Waals surface area contributed by atoms with Crippen molar-refractivity contribution in [1.82, 2.24) is 4.90 Å². The number of Topliss-reactive ketones (excluding diaryl/α,β-unsaturated/α-hetero) is 1. The summed E-state index contributed by atoms with van der Waals surface area (Å²) in [6.45, 7) is 3.58. The molecule has 1 atom stereocenters. The summed E-state index contributed by atoms with van der Waals surface area (Å²) in [5, 5.41) is 8.82. The molecular formula is C18H25NO4. The number of aryl methyl sites for hydroxylation is 1. The van der Waals surface area contributed by atoms with Crippen LogP contribution >= 0.6 is 0 Å². The highest BCUT2D eigenvalue weighted by molar-refractivity contribution is 5.99. The molecule has 126 valence electrons. The van der Waals surface area contributed by atoms with Gasteiger partial charge in [-0.25, -0.2) is 0 Å². The van der Waals surface area contributed by atoms with E-state index >= 15 is 0 Å². The van der Waals surface area contributed by atoms with Crippen molar-refractivity contribution in [2.75, 3.05) is 20.2 Å². The first-order chi connectivity index (χ1) is 11.0. The van der Waals surface area contributed by atoms with E-state index in [1.807, 2.05) is 25.1 Å². The Hall–Kier alpha value is -1.88. The highest BCUT2D eigenvalue weighted by atomic mass is 16.5. The second kappa shape index (κ2) is 8.11. The van der Waals surface area contributed by atoms with Gasteiger partial charge in [0.05, 0.1) is 12.7 Å². The second-order valence-electron chi connectivity index (χ2n) is 6.14. The van der Waals surface area contributed by atoms with Crippen LogP contribution in [0.4, 0.5) is 0 Å². The highest BCUT2D eigenvalue weighted by Gasteiger charge is 2.25. The Balaban J connectivity index is 1.93. The van der Waals surface area contributed by atoms with Gasteiger partial charge in [0.2, 0.25) is 0 Å². The molecule has 1 aromatic rings. The van der Waals surface area contributed by atoms with E-state index < -0.39 is 5.97 Å². The van der Waals surface area contributed by atoms with Crippen LogP contribution in [0.5, 0.6) is 5.75 Å². The lowest BCUT2D eigenvalue weighted by atomic mass is 10.0. The molecule has 0 saturated carbocycles. The summed E-state index contributed by atoms with van der Waals surface area (Å²) in [6.07, 6.45) is 3.39. The Kier molecular flexibility index (Phi) is 6.16. The van der Waals surface area contributed by atoms with Crippen molar-refractivity contribution in [3.8, 4) is 5.75 Å². The minimum absolute atomic E-state index is 0.0782. The van der Waals surface area contributed by atoms with Gasteiger partial charge >= 0.3 is 5.97 Å². The maximum atomic E-state index is 12.5. The molecule has 1 aliphatic heterocycles. The van der Waals surface area contributed by atoms with E-state index in [9.17, 15) is 9.59 Å². The van der Waals surface area contributed by atoms with Gasteiger partial charge in [-0.1, -0.05) is 11.6 Å². The molecular weight excluding hydrogens is 294 g/mol. The van der Waals surface area contributed by atoms with Gasteiger partial charge in [-0.2, -0.15) is 0 Å². The molecule has 0 bridgehead atoms. The van der Waals surface area contributed by atoms with E-state index in [0.29, 0.717) is 36.7 Å². The first kappa shape index (κ1) is 17.5. The monoisotopic (exact) mass is 319 g/mol.